The summed E-state index contributed by atoms with van der Waals surface area (Å²) in [5.41, 5.74) is 5.91. The van der Waals surface area contributed by atoms with Crippen LogP contribution in [-0.4, -0.2) is 46.5 Å². The zero-order chi connectivity index (χ0) is 21.7. The highest BCUT2D eigenvalue weighted by molar-refractivity contribution is 5.67. The number of aromatic nitrogens is 2. The molecule has 0 amide bonds. The Kier molecular flexibility index (Phi) is 6.73. The first-order valence-electron chi connectivity index (χ1n) is 11.2. The zero-order valence-electron chi connectivity index (χ0n) is 18.6. The lowest BCUT2D eigenvalue weighted by molar-refractivity contribution is 0.0129. The van der Waals surface area contributed by atoms with Gasteiger partial charge in [-0.2, -0.15) is 5.10 Å². The molecule has 1 aliphatic heterocycles. The van der Waals surface area contributed by atoms with Crippen LogP contribution in [0.15, 0.2) is 54.7 Å². The molecule has 0 radical (unpaired) electrons. The van der Waals surface area contributed by atoms with Gasteiger partial charge in [-0.1, -0.05) is 35.9 Å². The molecule has 0 spiro atoms. The maximum Gasteiger partial charge on any atom is 0.119 e. The molecular weight excluding hydrogens is 386 g/mol. The zero-order valence-corrected chi connectivity index (χ0v) is 18.6. The van der Waals surface area contributed by atoms with E-state index in [2.05, 4.69) is 47.1 Å². The molecule has 1 saturated heterocycles. The number of piperidine rings is 1. The Morgan fingerprint density at radius 1 is 1.16 bits per heavy atom. The predicted octanol–water partition coefficient (Wildman–Crippen LogP) is 4.74. The number of benzene rings is 2. The lowest BCUT2D eigenvalue weighted by Gasteiger charge is -2.42. The molecule has 2 aromatic carbocycles. The number of H-pyrrole nitrogens is 1. The number of nitrogens with one attached hydrogen (secondary N) is 1. The van der Waals surface area contributed by atoms with Crippen molar-refractivity contribution in [1.82, 2.24) is 15.1 Å². The van der Waals surface area contributed by atoms with E-state index in [4.69, 9.17) is 4.74 Å². The third-order valence-electron chi connectivity index (χ3n) is 6.49. The first kappa shape index (κ1) is 21.6. The number of hydrogen-bond acceptors (Lipinski definition) is 4. The molecular formula is C26H33N3O2. The molecule has 0 saturated carbocycles. The van der Waals surface area contributed by atoms with Crippen LogP contribution in [0, 0.1) is 19.3 Å². The summed E-state index contributed by atoms with van der Waals surface area (Å²) in [7, 11) is 0. The summed E-state index contributed by atoms with van der Waals surface area (Å²) < 4.78 is 5.93. The number of aliphatic hydroxyl groups is 1. The predicted molar refractivity (Wildman–Crippen MR) is 124 cm³/mol. The number of para-hydroxylation sites is 1. The van der Waals surface area contributed by atoms with Crippen molar-refractivity contribution in [3.05, 3.63) is 71.4 Å². The number of aromatic amines is 1. The second kappa shape index (κ2) is 9.67. The number of aliphatic hydroxyl groups excluding tert-OH is 1. The molecule has 0 bridgehead atoms. The molecule has 31 heavy (non-hydrogen) atoms. The summed E-state index contributed by atoms with van der Waals surface area (Å²) in [6.07, 6.45) is 4.92. The van der Waals surface area contributed by atoms with Gasteiger partial charge in [0.1, 0.15) is 5.75 Å². The highest BCUT2D eigenvalue weighted by Gasteiger charge is 2.35. The fourth-order valence-electron chi connectivity index (χ4n) is 4.67. The van der Waals surface area contributed by atoms with E-state index in [9.17, 15) is 5.11 Å². The highest BCUT2D eigenvalue weighted by Crippen LogP contribution is 2.35. The minimum Gasteiger partial charge on any atom is -0.494 e. The van der Waals surface area contributed by atoms with Crippen LogP contribution >= 0.6 is 0 Å². The quantitative estimate of drug-likeness (QED) is 0.554. The van der Waals surface area contributed by atoms with Gasteiger partial charge in [0.25, 0.3) is 0 Å². The molecule has 2 N–H and O–H groups in total. The Labute approximate surface area is 185 Å². The molecule has 164 valence electrons. The summed E-state index contributed by atoms with van der Waals surface area (Å²) in [5.74, 6) is 0.889. The monoisotopic (exact) mass is 419 g/mol. The Hall–Kier alpha value is -2.63. The van der Waals surface area contributed by atoms with E-state index in [1.54, 1.807) is 0 Å². The van der Waals surface area contributed by atoms with Crippen LogP contribution < -0.4 is 4.74 Å². The van der Waals surface area contributed by atoms with Gasteiger partial charge in [-0.3, -0.25) is 10.00 Å². The van der Waals surface area contributed by atoms with Gasteiger partial charge in [-0.05, 0) is 63.4 Å². The molecule has 0 unspecified atom stereocenters. The summed E-state index contributed by atoms with van der Waals surface area (Å²) in [5, 5.41) is 17.9. The standard InChI is InChI=1S/C26H33N3O2/c1-20-9-10-21(2)24(15-20)25-22(16-27-28-25)17-29-13-6-11-26(18-29,19-30)12-14-31-23-7-4-3-5-8-23/h3-5,7-10,15-16,30H,6,11-14,17-19H2,1-2H3,(H,27,28)/t26-/m1/s1. The first-order valence-corrected chi connectivity index (χ1v) is 11.2. The van der Waals surface area contributed by atoms with Crippen molar-refractivity contribution in [3.8, 4) is 17.0 Å². The van der Waals surface area contributed by atoms with Crippen molar-refractivity contribution in [1.29, 1.82) is 0 Å². The van der Waals surface area contributed by atoms with E-state index in [1.165, 1.54) is 22.3 Å². The fourth-order valence-corrected chi connectivity index (χ4v) is 4.67. The van der Waals surface area contributed by atoms with Crippen LogP contribution in [0.4, 0.5) is 0 Å². The number of nitrogens with zero attached hydrogens (tertiary/aromatic N) is 2. The third kappa shape index (κ3) is 5.17. The molecule has 0 aliphatic carbocycles. The SMILES string of the molecule is Cc1ccc(C)c(-c2[nH]ncc2CN2CCC[C@@](CO)(CCOc3ccccc3)C2)c1. The number of aryl methyl sites for hydroxylation is 2. The van der Waals surface area contributed by atoms with Gasteiger partial charge in [0.15, 0.2) is 0 Å². The lowest BCUT2D eigenvalue weighted by Crippen LogP contribution is -2.45. The van der Waals surface area contributed by atoms with Gasteiger partial charge in [0.05, 0.1) is 25.1 Å². The van der Waals surface area contributed by atoms with Crippen molar-refractivity contribution in [2.45, 2.75) is 39.7 Å². The van der Waals surface area contributed by atoms with Crippen LogP contribution in [0.3, 0.4) is 0 Å². The number of ether oxygens (including phenoxy) is 1. The Balaban J connectivity index is 1.43. The van der Waals surface area contributed by atoms with Crippen molar-refractivity contribution in [2.75, 3.05) is 26.3 Å². The smallest absolute Gasteiger partial charge is 0.119 e. The van der Waals surface area contributed by atoms with Crippen molar-refractivity contribution >= 4 is 0 Å². The Morgan fingerprint density at radius 3 is 2.81 bits per heavy atom. The van der Waals surface area contributed by atoms with E-state index < -0.39 is 0 Å². The van der Waals surface area contributed by atoms with Crippen LogP contribution in [0.1, 0.15) is 36.0 Å². The van der Waals surface area contributed by atoms with Crippen LogP contribution in [0.5, 0.6) is 5.75 Å². The Morgan fingerprint density at radius 2 is 2.00 bits per heavy atom. The van der Waals surface area contributed by atoms with Gasteiger partial charge < -0.3 is 9.84 Å². The Bertz CT molecular complexity index is 985. The fraction of sp³-hybridized carbons (Fsp3) is 0.423. The molecule has 1 aromatic heterocycles. The van der Waals surface area contributed by atoms with Crippen molar-refractivity contribution < 1.29 is 9.84 Å². The van der Waals surface area contributed by atoms with Crippen LogP contribution in [0.25, 0.3) is 11.3 Å². The topological polar surface area (TPSA) is 61.4 Å². The van der Waals surface area contributed by atoms with Gasteiger partial charge in [-0.25, -0.2) is 0 Å². The third-order valence-corrected chi connectivity index (χ3v) is 6.49. The second-order valence-electron chi connectivity index (χ2n) is 8.97. The van der Waals surface area contributed by atoms with Crippen molar-refractivity contribution in [2.24, 2.45) is 5.41 Å². The van der Waals surface area contributed by atoms with Gasteiger partial charge in [0.2, 0.25) is 0 Å². The van der Waals surface area contributed by atoms with Gasteiger partial charge in [0, 0.05) is 29.6 Å². The molecule has 1 atom stereocenters. The molecule has 5 nitrogen and oxygen atoms in total. The molecule has 3 aromatic rings. The summed E-state index contributed by atoms with van der Waals surface area (Å²) in [6, 6.07) is 16.5. The van der Waals surface area contributed by atoms with E-state index in [-0.39, 0.29) is 12.0 Å². The average Bonchev–Trinajstić information content (AvgIpc) is 3.24. The largest absolute Gasteiger partial charge is 0.494 e. The normalized spacial score (nSPS) is 19.5. The molecule has 1 aliphatic rings. The molecule has 5 heteroatoms. The minimum absolute atomic E-state index is 0.115. The number of rotatable bonds is 8. The highest BCUT2D eigenvalue weighted by atomic mass is 16.5. The van der Waals surface area contributed by atoms with Gasteiger partial charge in [-0.15, -0.1) is 0 Å². The van der Waals surface area contributed by atoms with Crippen LogP contribution in [0.2, 0.25) is 0 Å². The number of hydrogen-bond donors (Lipinski definition) is 2. The van der Waals surface area contributed by atoms with E-state index >= 15 is 0 Å². The van der Waals surface area contributed by atoms with E-state index in [0.717, 1.165) is 50.3 Å². The second-order valence-corrected chi connectivity index (χ2v) is 8.97. The summed E-state index contributed by atoms with van der Waals surface area (Å²) in [6.45, 7) is 7.83. The van der Waals surface area contributed by atoms with E-state index in [0.29, 0.717) is 6.61 Å². The van der Waals surface area contributed by atoms with Gasteiger partial charge >= 0.3 is 0 Å². The summed E-state index contributed by atoms with van der Waals surface area (Å²) >= 11 is 0. The number of likely N-dealkylation sites (tertiary alicyclic amines) is 1. The molecule has 4 rings (SSSR count). The maximum atomic E-state index is 10.3. The minimum atomic E-state index is -0.115. The van der Waals surface area contributed by atoms with E-state index in [1.807, 2.05) is 36.5 Å². The van der Waals surface area contributed by atoms with Crippen molar-refractivity contribution in [3.63, 3.8) is 0 Å². The average molecular weight is 420 g/mol. The summed E-state index contributed by atoms with van der Waals surface area (Å²) in [4.78, 5) is 2.46. The first-order chi connectivity index (χ1) is 15.1. The maximum absolute atomic E-state index is 10.3. The lowest BCUT2D eigenvalue weighted by atomic mass is 9.78. The van der Waals surface area contributed by atoms with Crippen LogP contribution in [-0.2, 0) is 6.54 Å². The molecule has 1 fully saturated rings. The molecule has 2 heterocycles.